The third-order valence-electron chi connectivity index (χ3n) is 2.36. The average molecular weight is 317 g/mol. The van der Waals surface area contributed by atoms with Crippen LogP contribution in [0.15, 0.2) is 59.3 Å². The number of hydrogen-bond acceptors (Lipinski definition) is 3. The van der Waals surface area contributed by atoms with Gasteiger partial charge in [-0.1, -0.05) is 24.8 Å². The Hall–Kier alpha value is -1.89. The molecule has 0 aliphatic heterocycles. The maximum atomic E-state index is 12.1. The molecule has 0 atom stereocenters. The largest absolute Gasteiger partial charge is 0.573 e. The van der Waals surface area contributed by atoms with E-state index in [2.05, 4.69) is 29.3 Å². The highest BCUT2D eigenvalue weighted by Gasteiger charge is 2.31. The van der Waals surface area contributed by atoms with Crippen LogP contribution in [0.25, 0.3) is 0 Å². The summed E-state index contributed by atoms with van der Waals surface area (Å²) >= 11 is 3.97. The van der Waals surface area contributed by atoms with E-state index in [1.54, 1.807) is 0 Å². The van der Waals surface area contributed by atoms with E-state index in [-0.39, 0.29) is 23.1 Å². The predicted octanol–water partition coefficient (Wildman–Crippen LogP) is 3.41. The first-order valence-corrected chi connectivity index (χ1v) is 6.38. The first-order valence-electron chi connectivity index (χ1n) is 5.93. The molecule has 0 bridgehead atoms. The number of ether oxygens (including phenoxy) is 1. The Morgan fingerprint density at radius 2 is 2.19 bits per heavy atom. The van der Waals surface area contributed by atoms with E-state index in [9.17, 15) is 18.0 Å². The molecule has 0 aromatic rings. The Morgan fingerprint density at radius 3 is 2.81 bits per heavy atom. The van der Waals surface area contributed by atoms with Crippen LogP contribution in [-0.4, -0.2) is 18.8 Å². The highest BCUT2D eigenvalue weighted by atomic mass is 32.1. The number of amides is 1. The van der Waals surface area contributed by atoms with Gasteiger partial charge in [-0.25, -0.2) is 0 Å². The number of thiol groups is 1. The zero-order valence-electron chi connectivity index (χ0n) is 11.0. The van der Waals surface area contributed by atoms with Gasteiger partial charge in [-0.3, -0.25) is 4.79 Å². The van der Waals surface area contributed by atoms with Crippen LogP contribution in [0.1, 0.15) is 6.42 Å². The van der Waals surface area contributed by atoms with Crippen molar-refractivity contribution >= 4 is 18.5 Å². The van der Waals surface area contributed by atoms with Crippen LogP contribution in [0, 0.1) is 0 Å². The van der Waals surface area contributed by atoms with Crippen molar-refractivity contribution in [2.45, 2.75) is 12.8 Å². The molecule has 21 heavy (non-hydrogen) atoms. The van der Waals surface area contributed by atoms with Gasteiger partial charge in [-0.15, -0.1) is 25.8 Å². The summed E-state index contributed by atoms with van der Waals surface area (Å²) in [6.07, 6.45) is 4.02. The first kappa shape index (κ1) is 17.2. The second kappa shape index (κ2) is 7.78. The lowest BCUT2D eigenvalue weighted by molar-refractivity contribution is -0.303. The Labute approximate surface area is 126 Å². The van der Waals surface area contributed by atoms with Gasteiger partial charge in [0, 0.05) is 6.54 Å². The van der Waals surface area contributed by atoms with Gasteiger partial charge >= 0.3 is 6.36 Å². The molecule has 0 unspecified atom stereocenters. The Bertz CT molecular complexity index is 531. The number of carbonyl (C=O) groups is 1. The van der Waals surface area contributed by atoms with Crippen LogP contribution in [0.3, 0.4) is 0 Å². The molecule has 1 rings (SSSR count). The van der Waals surface area contributed by atoms with Crippen molar-refractivity contribution in [2.24, 2.45) is 0 Å². The lowest BCUT2D eigenvalue weighted by Gasteiger charge is -2.08. The van der Waals surface area contributed by atoms with Gasteiger partial charge in [0.25, 0.3) is 5.91 Å². The molecule has 0 aromatic carbocycles. The number of alkyl halides is 3. The smallest absolute Gasteiger partial charge is 0.406 e. The van der Waals surface area contributed by atoms with E-state index in [1.165, 1.54) is 36.5 Å². The van der Waals surface area contributed by atoms with Gasteiger partial charge in [-0.2, -0.15) is 0 Å². The van der Waals surface area contributed by atoms with E-state index in [0.717, 1.165) is 5.57 Å². The Balaban J connectivity index is 2.62. The van der Waals surface area contributed by atoms with Crippen LogP contribution >= 0.6 is 12.6 Å². The topological polar surface area (TPSA) is 38.3 Å². The number of allylic oxidation sites excluding steroid dienone is 6. The summed E-state index contributed by atoms with van der Waals surface area (Å²) in [5.74, 6) is -0.687. The number of nitrogens with one attached hydrogen (secondary N) is 1. The molecule has 114 valence electrons. The molecule has 1 aliphatic carbocycles. The first-order chi connectivity index (χ1) is 9.81. The van der Waals surface area contributed by atoms with Crippen LogP contribution < -0.4 is 5.32 Å². The molecule has 1 amide bonds. The minimum Gasteiger partial charge on any atom is -0.406 e. The SMILES string of the molecule is C=C/C=C(\S)C(=O)NCC1=CC=C(OC(F)(F)F)C=CC1. The second-order valence-electron chi connectivity index (χ2n) is 4.02. The molecule has 1 aliphatic rings. The molecule has 0 fully saturated rings. The number of halogens is 3. The molecule has 7 heteroatoms. The summed E-state index contributed by atoms with van der Waals surface area (Å²) in [4.78, 5) is 11.8. The van der Waals surface area contributed by atoms with Gasteiger partial charge in [0.05, 0.1) is 4.91 Å². The van der Waals surface area contributed by atoms with Gasteiger partial charge in [0.2, 0.25) is 0 Å². The highest BCUT2D eigenvalue weighted by Crippen LogP contribution is 2.23. The molecule has 0 heterocycles. The number of hydrogen-bond donors (Lipinski definition) is 2. The Kier molecular flexibility index (Phi) is 6.36. The summed E-state index contributed by atoms with van der Waals surface area (Å²) in [6.45, 7) is 3.65. The normalized spacial score (nSPS) is 15.7. The summed E-state index contributed by atoms with van der Waals surface area (Å²) < 4.78 is 40.1. The Morgan fingerprint density at radius 1 is 1.48 bits per heavy atom. The second-order valence-corrected chi connectivity index (χ2v) is 4.50. The fourth-order valence-corrected chi connectivity index (χ4v) is 1.64. The molecule has 3 nitrogen and oxygen atoms in total. The summed E-state index contributed by atoms with van der Waals surface area (Å²) in [5.41, 5.74) is 0.736. The number of carbonyl (C=O) groups excluding carboxylic acids is 1. The molecular formula is C14H14F3NO2S. The third-order valence-corrected chi connectivity index (χ3v) is 2.72. The van der Waals surface area contributed by atoms with E-state index < -0.39 is 6.36 Å². The van der Waals surface area contributed by atoms with Gasteiger partial charge in [-0.05, 0) is 30.2 Å². The third kappa shape index (κ3) is 6.89. The fourth-order valence-electron chi connectivity index (χ4n) is 1.45. The van der Waals surface area contributed by atoms with Crippen molar-refractivity contribution in [1.82, 2.24) is 5.32 Å². The van der Waals surface area contributed by atoms with E-state index >= 15 is 0 Å². The van der Waals surface area contributed by atoms with E-state index in [1.807, 2.05) is 0 Å². The monoisotopic (exact) mass is 317 g/mol. The maximum Gasteiger partial charge on any atom is 0.573 e. The van der Waals surface area contributed by atoms with Crippen LogP contribution in [0.5, 0.6) is 0 Å². The predicted molar refractivity (Wildman–Crippen MR) is 77.3 cm³/mol. The van der Waals surface area contributed by atoms with Crippen molar-refractivity contribution in [2.75, 3.05) is 6.54 Å². The molecule has 0 saturated heterocycles. The van der Waals surface area contributed by atoms with Crippen molar-refractivity contribution in [1.29, 1.82) is 0 Å². The van der Waals surface area contributed by atoms with E-state index in [4.69, 9.17) is 0 Å². The molecule has 1 N–H and O–H groups in total. The molecular weight excluding hydrogens is 303 g/mol. The fraction of sp³-hybridized carbons (Fsp3) is 0.214. The molecule has 0 radical (unpaired) electrons. The zero-order valence-corrected chi connectivity index (χ0v) is 11.9. The maximum absolute atomic E-state index is 12.1. The van der Waals surface area contributed by atoms with Gasteiger partial charge in [0.1, 0.15) is 5.76 Å². The van der Waals surface area contributed by atoms with Crippen LogP contribution in [0.2, 0.25) is 0 Å². The van der Waals surface area contributed by atoms with Crippen LogP contribution in [-0.2, 0) is 9.53 Å². The minimum atomic E-state index is -4.72. The van der Waals surface area contributed by atoms with Gasteiger partial charge < -0.3 is 10.1 Å². The molecule has 0 spiro atoms. The quantitative estimate of drug-likeness (QED) is 0.463. The number of rotatable bonds is 5. The van der Waals surface area contributed by atoms with Crippen molar-refractivity contribution in [3.8, 4) is 0 Å². The van der Waals surface area contributed by atoms with Crippen molar-refractivity contribution in [3.63, 3.8) is 0 Å². The highest BCUT2D eigenvalue weighted by molar-refractivity contribution is 7.85. The van der Waals surface area contributed by atoms with Crippen molar-refractivity contribution < 1.29 is 22.7 Å². The summed E-state index contributed by atoms with van der Waals surface area (Å²) in [7, 11) is 0. The van der Waals surface area contributed by atoms with E-state index in [0.29, 0.717) is 6.42 Å². The standard InChI is InChI=1S/C14H14F3NO2S/c1-2-4-12(21)13(19)18-9-10-5-3-6-11(8-7-10)20-14(15,16)17/h2-4,6-8,21H,1,5,9H2,(H,18,19)/b12-4-. The summed E-state index contributed by atoms with van der Waals surface area (Å²) in [5, 5.41) is 2.60. The molecule has 0 saturated carbocycles. The lowest BCUT2D eigenvalue weighted by atomic mass is 10.2. The molecule has 0 aromatic heterocycles. The minimum absolute atomic E-state index is 0.200. The van der Waals surface area contributed by atoms with Gasteiger partial charge in [0.15, 0.2) is 0 Å². The lowest BCUT2D eigenvalue weighted by Crippen LogP contribution is -2.25. The summed E-state index contributed by atoms with van der Waals surface area (Å²) in [6, 6.07) is 0. The van der Waals surface area contributed by atoms with Crippen molar-refractivity contribution in [3.05, 3.63) is 59.3 Å². The average Bonchev–Trinajstić information content (AvgIpc) is 2.59. The zero-order chi connectivity index (χ0) is 15.9. The van der Waals surface area contributed by atoms with Crippen LogP contribution in [0.4, 0.5) is 13.2 Å².